The van der Waals surface area contributed by atoms with Gasteiger partial charge in [-0.15, -0.1) is 11.3 Å². The maximum atomic E-state index is 13.7. The molecule has 9 heteroatoms. The molecule has 1 aliphatic carbocycles. The minimum absolute atomic E-state index is 0.0759. The van der Waals surface area contributed by atoms with Crippen molar-refractivity contribution >= 4 is 36.9 Å². The Bertz CT molecular complexity index is 1140. The molecule has 0 bridgehead atoms. The minimum atomic E-state index is -1.59. The molecule has 2 aliphatic rings. The zero-order valence-electron chi connectivity index (χ0n) is 21.8. The van der Waals surface area contributed by atoms with Crippen LogP contribution in [-0.4, -0.2) is 53.5 Å². The Morgan fingerprint density at radius 1 is 1.11 bits per heavy atom. The van der Waals surface area contributed by atoms with Gasteiger partial charge in [-0.3, -0.25) is 14.4 Å². The van der Waals surface area contributed by atoms with Crippen LogP contribution >= 0.6 is 11.3 Å². The largest absolute Gasteiger partial charge is 0.349 e. The Morgan fingerprint density at radius 2 is 1.78 bits per heavy atom. The maximum absolute atomic E-state index is 13.7. The number of hydrogen-bond acceptors (Lipinski definition) is 5. The predicted molar refractivity (Wildman–Crippen MR) is 142 cm³/mol. The number of rotatable bonds is 7. The first-order valence-corrected chi connectivity index (χ1v) is 13.5. The van der Waals surface area contributed by atoms with Gasteiger partial charge in [0.25, 0.3) is 0 Å². The average Bonchev–Trinajstić information content (AvgIpc) is 3.41. The van der Waals surface area contributed by atoms with E-state index < -0.39 is 22.8 Å². The smallest absolute Gasteiger partial charge is 0.243 e. The average molecular weight is 506 g/mol. The number of aryl methyl sites for hydroxylation is 1. The number of thiazole rings is 1. The molecule has 2 N–H and O–H groups in total. The summed E-state index contributed by atoms with van der Waals surface area (Å²) in [6, 6.07) is 7.25. The van der Waals surface area contributed by atoms with Crippen LogP contribution in [0.3, 0.4) is 0 Å². The van der Waals surface area contributed by atoms with Crippen molar-refractivity contribution in [2.45, 2.75) is 77.8 Å². The molecule has 2 heterocycles. The van der Waals surface area contributed by atoms with Crippen molar-refractivity contribution in [1.29, 1.82) is 0 Å². The minimum Gasteiger partial charge on any atom is -0.349 e. The topological polar surface area (TPSA) is 91.4 Å². The molecule has 1 saturated carbocycles. The summed E-state index contributed by atoms with van der Waals surface area (Å²) in [5, 5.41) is 5.91. The Hall–Kier alpha value is -2.68. The number of nitrogens with zero attached hydrogens (tertiary/aromatic N) is 2. The number of hydrogen-bond donors (Lipinski definition) is 2. The van der Waals surface area contributed by atoms with Gasteiger partial charge in [-0.1, -0.05) is 45.0 Å². The first-order chi connectivity index (χ1) is 16.9. The van der Waals surface area contributed by atoms with Gasteiger partial charge >= 0.3 is 0 Å². The van der Waals surface area contributed by atoms with Crippen molar-refractivity contribution in [1.82, 2.24) is 20.5 Å². The molecule has 1 aliphatic heterocycles. The highest BCUT2D eigenvalue weighted by atomic mass is 32.1. The van der Waals surface area contributed by atoms with E-state index in [0.717, 1.165) is 34.5 Å². The molecule has 1 aromatic heterocycles. The van der Waals surface area contributed by atoms with E-state index in [9.17, 15) is 14.4 Å². The van der Waals surface area contributed by atoms with Crippen molar-refractivity contribution in [2.24, 2.45) is 11.3 Å². The lowest BCUT2D eigenvalue weighted by Gasteiger charge is -2.45. The van der Waals surface area contributed by atoms with Crippen molar-refractivity contribution in [3.05, 3.63) is 41.0 Å². The normalized spacial score (nSPS) is 20.5. The fourth-order valence-corrected chi connectivity index (χ4v) is 5.42. The number of amides is 3. The monoisotopic (exact) mass is 506 g/mol. The summed E-state index contributed by atoms with van der Waals surface area (Å²) in [5.74, 6) is -0.876. The van der Waals surface area contributed by atoms with Gasteiger partial charge < -0.3 is 15.5 Å². The lowest BCUT2D eigenvalue weighted by Crippen LogP contribution is -2.68. The Balaban J connectivity index is 1.45. The van der Waals surface area contributed by atoms with Crippen molar-refractivity contribution < 1.29 is 14.4 Å². The van der Waals surface area contributed by atoms with Crippen molar-refractivity contribution in [3.8, 4) is 10.4 Å². The number of carbonyl (C=O) groups is 3. The molecule has 4 rings (SSSR count). The van der Waals surface area contributed by atoms with Crippen LogP contribution < -0.4 is 10.6 Å². The highest BCUT2D eigenvalue weighted by Gasteiger charge is 2.51. The molecule has 7 nitrogen and oxygen atoms in total. The molecule has 2 fully saturated rings. The predicted octanol–water partition coefficient (Wildman–Crippen LogP) is 3.72. The summed E-state index contributed by atoms with van der Waals surface area (Å²) < 4.78 is 0. The molecule has 2 aromatic rings. The van der Waals surface area contributed by atoms with Gasteiger partial charge in [0.15, 0.2) is 0 Å². The number of likely N-dealkylation sites (tertiary alicyclic amines) is 1. The van der Waals surface area contributed by atoms with Crippen LogP contribution in [0.25, 0.3) is 10.4 Å². The van der Waals surface area contributed by atoms with Gasteiger partial charge in [0.05, 0.1) is 27.6 Å². The highest BCUT2D eigenvalue weighted by Crippen LogP contribution is 2.35. The standard InChI is InChI=1S/C27H35BN4O3S/c1-16(18-8-10-19(11-9-18)22-17(2)29-15-36-22)30-24(34)21-7-6-14-32(21)25(35)27(28,26(3,4)5)31-23(33)20-12-13-20/h8-11,15-16,20-21H,6-7,12-14H2,1-5H3,(H,30,34)(H,31,33)/t16-,21?,27?/m0/s1. The van der Waals surface area contributed by atoms with Crippen LogP contribution in [0, 0.1) is 18.3 Å². The number of carbonyl (C=O) groups excluding carboxylic acids is 3. The summed E-state index contributed by atoms with van der Waals surface area (Å²) in [5.41, 5.74) is 2.59. The molecule has 190 valence electrons. The molecule has 3 amide bonds. The zero-order valence-corrected chi connectivity index (χ0v) is 22.6. The van der Waals surface area contributed by atoms with E-state index in [-0.39, 0.29) is 23.8 Å². The Labute approximate surface area is 218 Å². The summed E-state index contributed by atoms with van der Waals surface area (Å²) in [4.78, 5) is 46.6. The van der Waals surface area contributed by atoms with Crippen LogP contribution in [0.15, 0.2) is 29.8 Å². The summed E-state index contributed by atoms with van der Waals surface area (Å²) in [6.07, 6.45) is 2.90. The van der Waals surface area contributed by atoms with Crippen molar-refractivity contribution in [3.63, 3.8) is 0 Å². The summed E-state index contributed by atoms with van der Waals surface area (Å²) >= 11 is 1.60. The van der Waals surface area contributed by atoms with E-state index in [1.165, 1.54) is 0 Å². The van der Waals surface area contributed by atoms with Crippen LogP contribution in [-0.2, 0) is 14.4 Å². The molecule has 2 radical (unpaired) electrons. The Morgan fingerprint density at radius 3 is 2.33 bits per heavy atom. The quantitative estimate of drug-likeness (QED) is 0.560. The third kappa shape index (κ3) is 5.21. The number of benzene rings is 1. The molecule has 3 atom stereocenters. The second-order valence-corrected chi connectivity index (χ2v) is 12.0. The summed E-state index contributed by atoms with van der Waals surface area (Å²) in [7, 11) is 6.63. The molecule has 36 heavy (non-hydrogen) atoms. The van der Waals surface area contributed by atoms with Gasteiger partial charge in [0, 0.05) is 12.5 Å². The lowest BCUT2D eigenvalue weighted by atomic mass is 9.59. The molecule has 0 spiro atoms. The molecular weight excluding hydrogens is 471 g/mol. The second-order valence-electron chi connectivity index (χ2n) is 11.1. The first kappa shape index (κ1) is 26.4. The van der Waals surface area contributed by atoms with Gasteiger partial charge in [-0.25, -0.2) is 4.98 Å². The van der Waals surface area contributed by atoms with Crippen LogP contribution in [0.4, 0.5) is 0 Å². The fraction of sp³-hybridized carbons (Fsp3) is 0.556. The third-order valence-electron chi connectivity index (χ3n) is 7.38. The van der Waals surface area contributed by atoms with Crippen LogP contribution in [0.1, 0.15) is 70.7 Å². The SMILES string of the molecule is [B]C(NC(=O)C1CC1)(C(=O)N1CCCC1C(=O)N[C@@H](C)c1ccc(-c2scnc2C)cc1)C(C)(C)C. The van der Waals surface area contributed by atoms with E-state index in [0.29, 0.717) is 19.4 Å². The van der Waals surface area contributed by atoms with E-state index in [1.807, 2.05) is 64.4 Å². The van der Waals surface area contributed by atoms with Crippen LogP contribution in [0.5, 0.6) is 0 Å². The second kappa shape index (κ2) is 10.00. The Kier molecular flexibility index (Phi) is 7.33. The highest BCUT2D eigenvalue weighted by molar-refractivity contribution is 7.13. The lowest BCUT2D eigenvalue weighted by molar-refractivity contribution is -0.146. The van der Waals surface area contributed by atoms with Gasteiger partial charge in [-0.2, -0.15) is 0 Å². The molecule has 1 aromatic carbocycles. The first-order valence-electron chi connectivity index (χ1n) is 12.6. The van der Waals surface area contributed by atoms with Gasteiger partial charge in [0.2, 0.25) is 17.7 Å². The van der Waals surface area contributed by atoms with Crippen molar-refractivity contribution in [2.75, 3.05) is 6.54 Å². The number of aromatic nitrogens is 1. The third-order valence-corrected chi connectivity index (χ3v) is 8.36. The van der Waals surface area contributed by atoms with E-state index in [4.69, 9.17) is 7.85 Å². The number of nitrogens with one attached hydrogen (secondary N) is 2. The molecule has 1 saturated heterocycles. The molecule has 2 unspecified atom stereocenters. The van der Waals surface area contributed by atoms with Gasteiger partial charge in [0.1, 0.15) is 13.9 Å². The van der Waals surface area contributed by atoms with Gasteiger partial charge in [-0.05, 0) is 56.1 Å². The van der Waals surface area contributed by atoms with Crippen LogP contribution in [0.2, 0.25) is 0 Å². The molecular formula is C27H35BN4O3S. The van der Waals surface area contributed by atoms with E-state index in [2.05, 4.69) is 15.6 Å². The zero-order chi connectivity index (χ0) is 26.3. The fourth-order valence-electron chi connectivity index (χ4n) is 4.61. The maximum Gasteiger partial charge on any atom is 0.243 e. The van der Waals surface area contributed by atoms with E-state index in [1.54, 1.807) is 16.2 Å². The van der Waals surface area contributed by atoms with E-state index >= 15 is 0 Å². The summed E-state index contributed by atoms with van der Waals surface area (Å²) in [6.45, 7) is 9.87.